The highest BCUT2D eigenvalue weighted by Crippen LogP contribution is 2.28. The molecule has 270 valence electrons. The van der Waals surface area contributed by atoms with Gasteiger partial charge in [-0.05, 0) is 32.1 Å². The normalized spacial score (nSPS) is 14.6. The number of piperazine rings is 1. The van der Waals surface area contributed by atoms with E-state index in [1.165, 1.54) is 71.6 Å². The van der Waals surface area contributed by atoms with E-state index in [9.17, 15) is 24.0 Å². The van der Waals surface area contributed by atoms with Crippen LogP contribution >= 0.6 is 0 Å². The van der Waals surface area contributed by atoms with Crippen molar-refractivity contribution in [3.63, 3.8) is 0 Å². The van der Waals surface area contributed by atoms with Crippen molar-refractivity contribution in [1.82, 2.24) is 15.1 Å². The van der Waals surface area contributed by atoms with E-state index >= 15 is 0 Å². The van der Waals surface area contributed by atoms with Gasteiger partial charge in [-0.1, -0.05) is 98.1 Å². The zero-order valence-corrected chi connectivity index (χ0v) is 30.6. The summed E-state index contributed by atoms with van der Waals surface area (Å²) in [6, 6.07) is 0. The fourth-order valence-corrected chi connectivity index (χ4v) is 5.80. The van der Waals surface area contributed by atoms with Crippen LogP contribution in [-0.4, -0.2) is 84.9 Å². The molecule has 1 aliphatic heterocycles. The Morgan fingerprint density at radius 2 is 1.28 bits per heavy atom. The maximum atomic E-state index is 13.3. The molecule has 1 fully saturated rings. The van der Waals surface area contributed by atoms with Crippen LogP contribution in [0, 0.1) is 10.8 Å². The first-order valence-electron chi connectivity index (χ1n) is 18.0. The summed E-state index contributed by atoms with van der Waals surface area (Å²) in [5.74, 6) is -1.66. The van der Waals surface area contributed by atoms with Crippen LogP contribution in [0.3, 0.4) is 0 Å². The number of unbranched alkanes of at least 4 members (excludes halogenated alkanes) is 10. The number of rotatable bonds is 23. The number of carbonyl (C=O) groups is 5. The van der Waals surface area contributed by atoms with Crippen LogP contribution < -0.4 is 5.32 Å². The Kier molecular flexibility index (Phi) is 20.3. The van der Waals surface area contributed by atoms with Crippen LogP contribution in [0.2, 0.25) is 0 Å². The van der Waals surface area contributed by atoms with Crippen molar-refractivity contribution >= 4 is 29.7 Å². The van der Waals surface area contributed by atoms with Crippen molar-refractivity contribution in [3.8, 4) is 0 Å². The van der Waals surface area contributed by atoms with Crippen molar-refractivity contribution in [2.45, 2.75) is 144 Å². The molecule has 1 N–H and O–H groups in total. The lowest BCUT2D eigenvalue weighted by molar-refractivity contribution is -0.166. The molecular formula is C37H65N3O7. The third kappa shape index (κ3) is 17.7. The summed E-state index contributed by atoms with van der Waals surface area (Å²) in [5, 5.41) is 2.68. The van der Waals surface area contributed by atoms with Gasteiger partial charge in [-0.15, -0.1) is 0 Å². The Labute approximate surface area is 284 Å². The van der Waals surface area contributed by atoms with E-state index in [0.29, 0.717) is 26.2 Å². The van der Waals surface area contributed by atoms with Gasteiger partial charge in [-0.3, -0.25) is 24.0 Å². The molecule has 10 nitrogen and oxygen atoms in total. The predicted molar refractivity (Wildman–Crippen MR) is 185 cm³/mol. The van der Waals surface area contributed by atoms with Gasteiger partial charge in [0, 0.05) is 63.8 Å². The minimum Gasteiger partial charge on any atom is -0.465 e. The minimum absolute atomic E-state index is 0.0702. The molecule has 47 heavy (non-hydrogen) atoms. The highest BCUT2D eigenvalue weighted by atomic mass is 16.6. The summed E-state index contributed by atoms with van der Waals surface area (Å²) in [5.41, 5.74) is -1.40. The van der Waals surface area contributed by atoms with E-state index in [1.54, 1.807) is 18.7 Å². The van der Waals surface area contributed by atoms with Crippen LogP contribution in [0.4, 0.5) is 0 Å². The average molecular weight is 664 g/mol. The smallest absolute Gasteiger partial charge is 0.303 e. The molecule has 0 saturated carbocycles. The lowest BCUT2D eigenvalue weighted by Gasteiger charge is -2.38. The van der Waals surface area contributed by atoms with Crippen LogP contribution in [0.25, 0.3) is 0 Å². The topological polar surface area (TPSA) is 122 Å². The molecule has 0 aromatic carbocycles. The van der Waals surface area contributed by atoms with Crippen LogP contribution in [0.5, 0.6) is 0 Å². The number of hydrogen-bond donors (Lipinski definition) is 1. The Morgan fingerprint density at radius 3 is 1.83 bits per heavy atom. The number of ether oxygens (including phenoxy) is 2. The van der Waals surface area contributed by atoms with Gasteiger partial charge in [0.2, 0.25) is 11.8 Å². The van der Waals surface area contributed by atoms with Gasteiger partial charge in [0.15, 0.2) is 6.10 Å². The molecule has 0 aromatic rings. The number of esters is 2. The van der Waals surface area contributed by atoms with E-state index in [-0.39, 0.29) is 31.4 Å². The van der Waals surface area contributed by atoms with Crippen molar-refractivity contribution in [3.05, 3.63) is 12.2 Å². The SMILES string of the molecule is CCCCCCCCC=CCCCCCCC(C)(C)C(=O)N1CCN(C(=O)CCNC(=O)C(OC(C)=O)C(C)(C)COC(C)=O)CC1. The Morgan fingerprint density at radius 1 is 0.745 bits per heavy atom. The molecule has 1 rings (SSSR count). The fraction of sp³-hybridized carbons (Fsp3) is 0.811. The number of allylic oxidation sites excluding steroid dienone is 2. The first-order chi connectivity index (χ1) is 22.2. The number of nitrogens with zero attached hydrogens (tertiary/aromatic N) is 2. The van der Waals surface area contributed by atoms with Gasteiger partial charge < -0.3 is 24.6 Å². The molecule has 1 saturated heterocycles. The Balaban J connectivity index is 2.33. The van der Waals surface area contributed by atoms with E-state index in [4.69, 9.17) is 9.47 Å². The molecule has 1 unspecified atom stereocenters. The van der Waals surface area contributed by atoms with E-state index in [1.807, 2.05) is 18.7 Å². The number of carbonyl (C=O) groups excluding carboxylic acids is 5. The van der Waals surface area contributed by atoms with Crippen molar-refractivity contribution < 1.29 is 33.4 Å². The molecule has 1 heterocycles. The first-order valence-corrected chi connectivity index (χ1v) is 18.0. The standard InChI is InChI=1S/C37H65N3O7/c1-8-9-10-11-12-13-14-15-16-17-18-19-20-21-23-36(4,5)35(45)40-27-25-39(26-28-40)32(43)22-24-38-34(44)33(47-31(3)42)37(6,7)29-46-30(2)41/h15-16,33H,8-14,17-29H2,1-7H3,(H,38,44). The quantitative estimate of drug-likeness (QED) is 0.0767. The predicted octanol–water partition coefficient (Wildman–Crippen LogP) is 6.36. The monoisotopic (exact) mass is 663 g/mol. The molecule has 0 bridgehead atoms. The molecular weight excluding hydrogens is 598 g/mol. The third-order valence-electron chi connectivity index (χ3n) is 8.83. The van der Waals surface area contributed by atoms with Crippen molar-refractivity contribution in [2.75, 3.05) is 39.3 Å². The molecule has 10 heteroatoms. The lowest BCUT2D eigenvalue weighted by Crippen LogP contribution is -2.54. The zero-order chi connectivity index (χ0) is 35.3. The van der Waals surface area contributed by atoms with Gasteiger partial charge in [0.05, 0.1) is 0 Å². The highest BCUT2D eigenvalue weighted by molar-refractivity contribution is 5.85. The van der Waals surface area contributed by atoms with Gasteiger partial charge in [-0.25, -0.2) is 0 Å². The van der Waals surface area contributed by atoms with Crippen molar-refractivity contribution in [2.24, 2.45) is 10.8 Å². The Bertz CT molecular complexity index is 1000. The minimum atomic E-state index is -1.19. The largest absolute Gasteiger partial charge is 0.465 e. The molecule has 0 spiro atoms. The van der Waals surface area contributed by atoms with Gasteiger partial charge in [0.1, 0.15) is 6.61 Å². The van der Waals surface area contributed by atoms with Crippen molar-refractivity contribution in [1.29, 1.82) is 0 Å². The lowest BCUT2D eigenvalue weighted by atomic mass is 9.85. The van der Waals surface area contributed by atoms with Crippen LogP contribution in [0.1, 0.15) is 138 Å². The van der Waals surface area contributed by atoms with E-state index in [0.717, 1.165) is 25.7 Å². The summed E-state index contributed by atoms with van der Waals surface area (Å²) in [4.78, 5) is 65.5. The maximum Gasteiger partial charge on any atom is 0.303 e. The number of amides is 3. The molecule has 1 aliphatic rings. The van der Waals surface area contributed by atoms with Crippen LogP contribution in [-0.2, 0) is 33.4 Å². The summed E-state index contributed by atoms with van der Waals surface area (Å²) < 4.78 is 10.3. The molecule has 1 atom stereocenters. The average Bonchev–Trinajstić information content (AvgIpc) is 3.02. The molecule has 3 amide bonds. The van der Waals surface area contributed by atoms with Gasteiger partial charge in [-0.2, -0.15) is 0 Å². The van der Waals surface area contributed by atoms with E-state index in [2.05, 4.69) is 24.4 Å². The number of nitrogens with one attached hydrogen (secondary N) is 1. The third-order valence-corrected chi connectivity index (χ3v) is 8.83. The fourth-order valence-electron chi connectivity index (χ4n) is 5.80. The highest BCUT2D eigenvalue weighted by Gasteiger charge is 2.39. The summed E-state index contributed by atoms with van der Waals surface area (Å²) in [7, 11) is 0. The van der Waals surface area contributed by atoms with Gasteiger partial charge >= 0.3 is 11.9 Å². The Hall–Kier alpha value is -2.91. The molecule has 0 aliphatic carbocycles. The number of hydrogen-bond acceptors (Lipinski definition) is 7. The second-order valence-electron chi connectivity index (χ2n) is 14.3. The summed E-state index contributed by atoms with van der Waals surface area (Å²) in [6.07, 6.45) is 19.3. The summed E-state index contributed by atoms with van der Waals surface area (Å²) >= 11 is 0. The molecule has 0 aromatic heterocycles. The van der Waals surface area contributed by atoms with Gasteiger partial charge in [0.25, 0.3) is 5.91 Å². The second-order valence-corrected chi connectivity index (χ2v) is 14.3. The first kappa shape index (κ1) is 42.1. The summed E-state index contributed by atoms with van der Waals surface area (Å²) in [6.45, 7) is 13.9. The maximum absolute atomic E-state index is 13.3. The second kappa shape index (κ2) is 22.6. The zero-order valence-electron chi connectivity index (χ0n) is 30.6. The van der Waals surface area contributed by atoms with E-state index < -0.39 is 34.8 Å². The van der Waals surface area contributed by atoms with Crippen LogP contribution in [0.15, 0.2) is 12.2 Å². The molecule has 0 radical (unpaired) electrons.